The molecule has 0 unspecified atom stereocenters. The van der Waals surface area contributed by atoms with Crippen LogP contribution in [0.15, 0.2) is 5.16 Å². The molecule has 11 heavy (non-hydrogen) atoms. The molecule has 0 spiro atoms. The Hall–Kier alpha value is -0.860. The summed E-state index contributed by atoms with van der Waals surface area (Å²) in [5.41, 5.74) is 0. The van der Waals surface area contributed by atoms with Gasteiger partial charge in [-0.25, -0.2) is 0 Å². The zero-order valence-corrected chi connectivity index (χ0v) is 6.92. The topological polar surface area (TPSA) is 49.7 Å². The number of hydrogen-bond donors (Lipinski definition) is 1. The summed E-state index contributed by atoms with van der Waals surface area (Å²) in [5, 5.41) is 10.8. The largest absolute Gasteiger partial charge is 0.411 e. The molecular formula is C8H15NO2. The highest BCUT2D eigenvalue weighted by Gasteiger charge is 1.97. The van der Waals surface area contributed by atoms with E-state index in [-0.39, 0.29) is 12.2 Å². The minimum Gasteiger partial charge on any atom is -0.411 e. The van der Waals surface area contributed by atoms with Crippen LogP contribution < -0.4 is 0 Å². The van der Waals surface area contributed by atoms with Crippen molar-refractivity contribution in [3.63, 3.8) is 0 Å². The molecule has 0 amide bonds. The zero-order chi connectivity index (χ0) is 8.53. The van der Waals surface area contributed by atoms with Gasteiger partial charge in [0.2, 0.25) is 0 Å². The van der Waals surface area contributed by atoms with Crippen LogP contribution in [0.2, 0.25) is 0 Å². The summed E-state index contributed by atoms with van der Waals surface area (Å²) in [6, 6.07) is 0. The molecule has 0 aliphatic heterocycles. The lowest BCUT2D eigenvalue weighted by atomic mass is 10.1. The molecule has 0 aliphatic rings. The Balaban J connectivity index is 3.23. The Morgan fingerprint density at radius 3 is 2.82 bits per heavy atom. The Labute approximate surface area is 67.1 Å². The highest BCUT2D eigenvalue weighted by molar-refractivity contribution is 5.91. The molecule has 0 aromatic carbocycles. The van der Waals surface area contributed by atoms with E-state index in [0.29, 0.717) is 6.42 Å². The molecule has 0 aromatic heterocycles. The van der Waals surface area contributed by atoms with Crippen LogP contribution in [0.25, 0.3) is 0 Å². The van der Waals surface area contributed by atoms with Crippen molar-refractivity contribution in [1.82, 2.24) is 0 Å². The summed E-state index contributed by atoms with van der Waals surface area (Å²) in [6.07, 6.45) is 5.28. The normalized spacial score (nSPS) is 10.6. The van der Waals surface area contributed by atoms with Crippen LogP contribution in [-0.2, 0) is 4.79 Å². The van der Waals surface area contributed by atoms with Crippen molar-refractivity contribution in [2.45, 2.75) is 39.0 Å². The van der Waals surface area contributed by atoms with Crippen molar-refractivity contribution >= 4 is 12.0 Å². The Bertz CT molecular complexity index is 132. The summed E-state index contributed by atoms with van der Waals surface area (Å²) >= 11 is 0. The van der Waals surface area contributed by atoms with E-state index in [9.17, 15) is 4.79 Å². The van der Waals surface area contributed by atoms with Crippen LogP contribution in [-0.4, -0.2) is 17.2 Å². The third-order valence-corrected chi connectivity index (χ3v) is 1.46. The predicted octanol–water partition coefficient (Wildman–Crippen LogP) is 1.99. The highest BCUT2D eigenvalue weighted by Crippen LogP contribution is 2.00. The van der Waals surface area contributed by atoms with Gasteiger partial charge in [-0.05, 0) is 6.42 Å². The average molecular weight is 157 g/mol. The molecule has 0 atom stereocenters. The van der Waals surface area contributed by atoms with Gasteiger partial charge in [0.1, 0.15) is 5.78 Å². The van der Waals surface area contributed by atoms with E-state index in [2.05, 4.69) is 12.1 Å². The fraction of sp³-hybridized carbons (Fsp3) is 0.750. The van der Waals surface area contributed by atoms with E-state index in [1.807, 2.05) is 0 Å². The number of unbranched alkanes of at least 4 members (excludes halogenated alkanes) is 2. The van der Waals surface area contributed by atoms with Crippen LogP contribution in [0.3, 0.4) is 0 Å². The van der Waals surface area contributed by atoms with Crippen molar-refractivity contribution < 1.29 is 10.0 Å². The molecule has 0 aliphatic carbocycles. The fourth-order valence-corrected chi connectivity index (χ4v) is 0.817. The molecule has 3 nitrogen and oxygen atoms in total. The van der Waals surface area contributed by atoms with Gasteiger partial charge in [0, 0.05) is 12.8 Å². The first kappa shape index (κ1) is 10.1. The van der Waals surface area contributed by atoms with Gasteiger partial charge in [0.25, 0.3) is 0 Å². The molecule has 0 rings (SSSR count). The van der Waals surface area contributed by atoms with Gasteiger partial charge in [0.15, 0.2) is 0 Å². The van der Waals surface area contributed by atoms with Crippen molar-refractivity contribution in [2.24, 2.45) is 5.16 Å². The Kier molecular flexibility index (Phi) is 6.68. The summed E-state index contributed by atoms with van der Waals surface area (Å²) < 4.78 is 0. The molecule has 0 saturated heterocycles. The maximum absolute atomic E-state index is 10.9. The quantitative estimate of drug-likeness (QED) is 0.277. The molecular weight excluding hydrogens is 142 g/mol. The molecule has 0 radical (unpaired) electrons. The molecule has 3 heteroatoms. The number of carbonyl (C=O) groups excluding carboxylic acids is 1. The maximum Gasteiger partial charge on any atom is 0.138 e. The molecule has 0 aromatic rings. The fourth-order valence-electron chi connectivity index (χ4n) is 0.817. The summed E-state index contributed by atoms with van der Waals surface area (Å²) in [6.45, 7) is 2.10. The Morgan fingerprint density at radius 1 is 1.55 bits per heavy atom. The lowest BCUT2D eigenvalue weighted by Gasteiger charge is -1.94. The van der Waals surface area contributed by atoms with E-state index in [1.54, 1.807) is 0 Å². The second-order valence-corrected chi connectivity index (χ2v) is 2.50. The van der Waals surface area contributed by atoms with Gasteiger partial charge in [-0.3, -0.25) is 4.79 Å². The van der Waals surface area contributed by atoms with Crippen LogP contribution in [0, 0.1) is 0 Å². The number of ketones is 1. The second-order valence-electron chi connectivity index (χ2n) is 2.50. The summed E-state index contributed by atoms with van der Waals surface area (Å²) in [5.74, 6) is 0.149. The number of carbonyl (C=O) groups is 1. The smallest absolute Gasteiger partial charge is 0.138 e. The maximum atomic E-state index is 10.9. The lowest BCUT2D eigenvalue weighted by molar-refractivity contribution is -0.118. The van der Waals surface area contributed by atoms with Gasteiger partial charge < -0.3 is 5.21 Å². The van der Waals surface area contributed by atoms with Crippen molar-refractivity contribution in [3.8, 4) is 0 Å². The standard InChI is InChI=1S/C8H15NO2/c1-2-3-4-5-8(10)6-7-9-11/h7,11H,2-6H2,1H3. The molecule has 64 valence electrons. The predicted molar refractivity (Wildman–Crippen MR) is 44.0 cm³/mol. The highest BCUT2D eigenvalue weighted by atomic mass is 16.4. The second kappa shape index (κ2) is 7.25. The molecule has 1 N–H and O–H groups in total. The number of Topliss-reactive ketones (excluding diaryl/α,β-unsaturated/α-hetero) is 1. The van der Waals surface area contributed by atoms with Gasteiger partial charge >= 0.3 is 0 Å². The van der Waals surface area contributed by atoms with Gasteiger partial charge in [0.05, 0.1) is 6.21 Å². The van der Waals surface area contributed by atoms with Crippen LogP contribution in [0.4, 0.5) is 0 Å². The minimum atomic E-state index is 0.149. The van der Waals surface area contributed by atoms with Crippen molar-refractivity contribution in [2.75, 3.05) is 0 Å². The van der Waals surface area contributed by atoms with Crippen molar-refractivity contribution in [1.29, 1.82) is 0 Å². The Morgan fingerprint density at radius 2 is 2.27 bits per heavy atom. The number of hydrogen-bond acceptors (Lipinski definition) is 3. The molecule has 0 bridgehead atoms. The average Bonchev–Trinajstić information content (AvgIpc) is 2.01. The first-order valence-corrected chi connectivity index (χ1v) is 3.98. The molecule has 0 saturated carbocycles. The van der Waals surface area contributed by atoms with E-state index in [1.165, 1.54) is 6.21 Å². The van der Waals surface area contributed by atoms with Gasteiger partial charge in [-0.2, -0.15) is 0 Å². The first-order valence-electron chi connectivity index (χ1n) is 3.98. The van der Waals surface area contributed by atoms with E-state index in [4.69, 9.17) is 5.21 Å². The first-order chi connectivity index (χ1) is 5.31. The monoisotopic (exact) mass is 157 g/mol. The van der Waals surface area contributed by atoms with Gasteiger partial charge in [-0.1, -0.05) is 19.8 Å². The lowest BCUT2D eigenvalue weighted by Crippen LogP contribution is -1.97. The summed E-state index contributed by atoms with van der Waals surface area (Å²) in [7, 11) is 0. The van der Waals surface area contributed by atoms with Crippen LogP contribution in [0.5, 0.6) is 0 Å². The minimum absolute atomic E-state index is 0.149. The van der Waals surface area contributed by atoms with Crippen molar-refractivity contribution in [3.05, 3.63) is 0 Å². The molecule has 0 fully saturated rings. The SMILES string of the molecule is CCCCCC(=O)CC=NO. The van der Waals surface area contributed by atoms with Gasteiger partial charge in [-0.15, -0.1) is 5.16 Å². The van der Waals surface area contributed by atoms with E-state index >= 15 is 0 Å². The van der Waals surface area contributed by atoms with Crippen LogP contribution in [0.1, 0.15) is 39.0 Å². The molecule has 0 heterocycles. The van der Waals surface area contributed by atoms with E-state index < -0.39 is 0 Å². The van der Waals surface area contributed by atoms with Crippen LogP contribution >= 0.6 is 0 Å². The third kappa shape index (κ3) is 7.03. The van der Waals surface area contributed by atoms with E-state index in [0.717, 1.165) is 19.3 Å². The number of oxime groups is 1. The third-order valence-electron chi connectivity index (χ3n) is 1.46. The number of nitrogens with zero attached hydrogens (tertiary/aromatic N) is 1. The number of rotatable bonds is 6. The zero-order valence-electron chi connectivity index (χ0n) is 6.92. The summed E-state index contributed by atoms with van der Waals surface area (Å²) in [4.78, 5) is 10.9.